The lowest BCUT2D eigenvalue weighted by Crippen LogP contribution is -2.57. The molecule has 1 nitrogen and oxygen atoms in total. The number of hydrogen-bond donors (Lipinski definition) is 1. The molecule has 1 saturated carbocycles. The van der Waals surface area contributed by atoms with Crippen molar-refractivity contribution in [1.82, 2.24) is 0 Å². The Morgan fingerprint density at radius 2 is 1.46 bits per heavy atom. The Morgan fingerprint density at radius 1 is 1.08 bits per heavy atom. The van der Waals surface area contributed by atoms with Gasteiger partial charge in [-0.3, -0.25) is 0 Å². The molecule has 0 saturated heterocycles. The Hall–Kier alpha value is -0.480. The molecule has 1 heteroatoms. The van der Waals surface area contributed by atoms with Crippen molar-refractivity contribution in [2.75, 3.05) is 0 Å². The minimum absolute atomic E-state index is 0.163. The maximum absolute atomic E-state index is 10.5. The zero-order chi connectivity index (χ0) is 10.3. The van der Waals surface area contributed by atoms with Crippen molar-refractivity contribution in [2.24, 2.45) is 10.8 Å². The van der Waals surface area contributed by atoms with Gasteiger partial charge in [0.15, 0.2) is 0 Å². The van der Waals surface area contributed by atoms with Crippen LogP contribution >= 0.6 is 0 Å². The summed E-state index contributed by atoms with van der Waals surface area (Å²) in [4.78, 5) is 0. The van der Waals surface area contributed by atoms with Gasteiger partial charge in [-0.2, -0.15) is 0 Å². The van der Waals surface area contributed by atoms with Gasteiger partial charge >= 0.3 is 0 Å². The molecule has 0 amide bonds. The summed E-state index contributed by atoms with van der Waals surface area (Å²) in [7, 11) is 0. The van der Waals surface area contributed by atoms with E-state index in [4.69, 9.17) is 6.42 Å². The number of aliphatic hydroxyl groups is 1. The summed E-state index contributed by atoms with van der Waals surface area (Å²) in [6.07, 6.45) is 8.67. The number of rotatable bonds is 0. The minimum atomic E-state index is -0.960. The highest BCUT2D eigenvalue weighted by atomic mass is 16.3. The molecule has 1 rings (SSSR count). The first-order valence-corrected chi connectivity index (χ1v) is 4.97. The third-order valence-corrected chi connectivity index (χ3v) is 3.77. The zero-order valence-electron chi connectivity index (χ0n) is 9.15. The van der Waals surface area contributed by atoms with Gasteiger partial charge in [-0.25, -0.2) is 0 Å². The SMILES string of the molecule is C#CC1(O)C(C)(C)CCCC1(C)C. The molecular weight excluding hydrogens is 160 g/mol. The van der Waals surface area contributed by atoms with Crippen molar-refractivity contribution in [3.8, 4) is 12.3 Å². The average molecular weight is 180 g/mol. The van der Waals surface area contributed by atoms with Gasteiger partial charge in [0.25, 0.3) is 0 Å². The van der Waals surface area contributed by atoms with Crippen LogP contribution in [0.25, 0.3) is 0 Å². The smallest absolute Gasteiger partial charge is 0.135 e. The van der Waals surface area contributed by atoms with E-state index >= 15 is 0 Å². The van der Waals surface area contributed by atoms with Crippen molar-refractivity contribution >= 4 is 0 Å². The van der Waals surface area contributed by atoms with Crippen molar-refractivity contribution in [2.45, 2.75) is 52.6 Å². The van der Waals surface area contributed by atoms with Crippen molar-refractivity contribution in [1.29, 1.82) is 0 Å². The largest absolute Gasteiger partial charge is 0.376 e. The molecule has 0 aromatic rings. The predicted molar refractivity (Wildman–Crippen MR) is 55.2 cm³/mol. The lowest BCUT2D eigenvalue weighted by Gasteiger charge is -2.53. The van der Waals surface area contributed by atoms with Gasteiger partial charge in [-0.05, 0) is 12.8 Å². The Kier molecular flexibility index (Phi) is 2.24. The van der Waals surface area contributed by atoms with Gasteiger partial charge in [-0.1, -0.05) is 40.0 Å². The van der Waals surface area contributed by atoms with E-state index in [1.165, 1.54) is 0 Å². The molecule has 0 aliphatic heterocycles. The fourth-order valence-corrected chi connectivity index (χ4v) is 2.64. The Morgan fingerprint density at radius 3 is 1.69 bits per heavy atom. The van der Waals surface area contributed by atoms with E-state index in [-0.39, 0.29) is 10.8 Å². The monoisotopic (exact) mass is 180 g/mol. The molecule has 74 valence electrons. The van der Waals surface area contributed by atoms with Crippen molar-refractivity contribution < 1.29 is 5.11 Å². The van der Waals surface area contributed by atoms with E-state index in [9.17, 15) is 5.11 Å². The topological polar surface area (TPSA) is 20.2 Å². The van der Waals surface area contributed by atoms with Gasteiger partial charge in [0.05, 0.1) is 0 Å². The van der Waals surface area contributed by atoms with E-state index in [0.717, 1.165) is 19.3 Å². The van der Waals surface area contributed by atoms with Crippen LogP contribution in [0.3, 0.4) is 0 Å². The van der Waals surface area contributed by atoms with Gasteiger partial charge in [0.1, 0.15) is 5.60 Å². The quantitative estimate of drug-likeness (QED) is 0.568. The number of terminal acetylenes is 1. The van der Waals surface area contributed by atoms with Crippen LogP contribution in [0.5, 0.6) is 0 Å². The van der Waals surface area contributed by atoms with Crippen LogP contribution in [0.4, 0.5) is 0 Å². The van der Waals surface area contributed by atoms with Gasteiger partial charge in [-0.15, -0.1) is 6.42 Å². The van der Waals surface area contributed by atoms with Crippen LogP contribution in [-0.4, -0.2) is 10.7 Å². The fourth-order valence-electron chi connectivity index (χ4n) is 2.64. The van der Waals surface area contributed by atoms with E-state index < -0.39 is 5.60 Å². The van der Waals surface area contributed by atoms with Crippen LogP contribution in [0, 0.1) is 23.2 Å². The third-order valence-electron chi connectivity index (χ3n) is 3.77. The Labute approximate surface area is 81.5 Å². The van der Waals surface area contributed by atoms with Crippen LogP contribution in [0.1, 0.15) is 47.0 Å². The molecule has 1 fully saturated rings. The molecule has 0 unspecified atom stereocenters. The molecule has 0 radical (unpaired) electrons. The average Bonchev–Trinajstić information content (AvgIpc) is 1.99. The Bertz CT molecular complexity index is 226. The first-order chi connectivity index (χ1) is 5.77. The molecular formula is C12H20O. The summed E-state index contributed by atoms with van der Waals surface area (Å²) < 4.78 is 0. The first kappa shape index (κ1) is 10.6. The van der Waals surface area contributed by atoms with E-state index in [1.807, 2.05) is 0 Å². The molecule has 0 aromatic carbocycles. The summed E-state index contributed by atoms with van der Waals surface area (Å²) >= 11 is 0. The highest BCUT2D eigenvalue weighted by molar-refractivity contribution is 5.21. The maximum Gasteiger partial charge on any atom is 0.135 e. The van der Waals surface area contributed by atoms with E-state index in [1.54, 1.807) is 0 Å². The highest BCUT2D eigenvalue weighted by Gasteiger charge is 2.54. The molecule has 1 N–H and O–H groups in total. The highest BCUT2D eigenvalue weighted by Crippen LogP contribution is 2.53. The summed E-state index contributed by atoms with van der Waals surface area (Å²) in [5, 5.41) is 10.5. The normalized spacial score (nSPS) is 29.2. The van der Waals surface area contributed by atoms with Gasteiger partial charge in [0.2, 0.25) is 0 Å². The van der Waals surface area contributed by atoms with Crippen LogP contribution in [0.2, 0.25) is 0 Å². The molecule has 1 aliphatic rings. The fraction of sp³-hybridized carbons (Fsp3) is 0.833. The second-order valence-corrected chi connectivity index (χ2v) is 5.48. The minimum Gasteiger partial charge on any atom is -0.376 e. The summed E-state index contributed by atoms with van der Waals surface area (Å²) in [5.74, 6) is 2.62. The third kappa shape index (κ3) is 1.28. The van der Waals surface area contributed by atoms with E-state index in [2.05, 4.69) is 33.6 Å². The standard InChI is InChI=1S/C12H20O/c1-6-12(13)10(2,3)8-7-9-11(12,4)5/h1,13H,7-9H2,2-5H3. The summed E-state index contributed by atoms with van der Waals surface area (Å²) in [6.45, 7) is 8.25. The van der Waals surface area contributed by atoms with Crippen LogP contribution < -0.4 is 0 Å². The molecule has 0 heterocycles. The molecule has 0 spiro atoms. The maximum atomic E-state index is 10.5. The van der Waals surface area contributed by atoms with Gasteiger partial charge in [0, 0.05) is 10.8 Å². The predicted octanol–water partition coefficient (Wildman–Crippen LogP) is 2.59. The second kappa shape index (κ2) is 2.75. The Balaban J connectivity index is 3.15. The van der Waals surface area contributed by atoms with E-state index in [0.29, 0.717) is 0 Å². The second-order valence-electron chi connectivity index (χ2n) is 5.48. The molecule has 0 bridgehead atoms. The lowest BCUT2D eigenvalue weighted by molar-refractivity contribution is -0.133. The molecule has 0 aromatic heterocycles. The molecule has 0 atom stereocenters. The lowest BCUT2D eigenvalue weighted by atomic mass is 9.54. The summed E-state index contributed by atoms with van der Waals surface area (Å²) in [6, 6.07) is 0. The molecule has 13 heavy (non-hydrogen) atoms. The van der Waals surface area contributed by atoms with Gasteiger partial charge < -0.3 is 5.11 Å². The van der Waals surface area contributed by atoms with Crippen molar-refractivity contribution in [3.63, 3.8) is 0 Å². The zero-order valence-corrected chi connectivity index (χ0v) is 9.15. The first-order valence-electron chi connectivity index (χ1n) is 4.97. The van der Waals surface area contributed by atoms with Crippen molar-refractivity contribution in [3.05, 3.63) is 0 Å². The number of hydrogen-bond acceptors (Lipinski definition) is 1. The summed E-state index contributed by atoms with van der Waals surface area (Å²) in [5.41, 5.74) is -1.29. The molecule has 1 aliphatic carbocycles. The van der Waals surface area contributed by atoms with Crippen LogP contribution in [0.15, 0.2) is 0 Å². The van der Waals surface area contributed by atoms with Crippen LogP contribution in [-0.2, 0) is 0 Å².